The molecule has 0 amide bonds. The van der Waals surface area contributed by atoms with Crippen LogP contribution >= 0.6 is 0 Å². The first-order chi connectivity index (χ1) is 19.0. The van der Waals surface area contributed by atoms with Crippen LogP contribution in [-0.4, -0.2) is 39.1 Å². The fraction of sp³-hybridized carbons (Fsp3) is 0.258. The number of aliphatic carboxylic acids is 1. The second-order valence-corrected chi connectivity index (χ2v) is 10.1. The zero-order chi connectivity index (χ0) is 26.9. The van der Waals surface area contributed by atoms with Crippen molar-refractivity contribution in [3.8, 4) is 16.9 Å². The van der Waals surface area contributed by atoms with E-state index in [1.807, 2.05) is 35.9 Å². The molecule has 3 aromatic carbocycles. The van der Waals surface area contributed by atoms with Crippen LogP contribution in [0, 0.1) is 12.8 Å². The molecule has 0 saturated carbocycles. The van der Waals surface area contributed by atoms with Gasteiger partial charge in [-0.25, -0.2) is 4.98 Å². The summed E-state index contributed by atoms with van der Waals surface area (Å²) in [5.41, 5.74) is 11.6. The number of rotatable bonds is 8. The van der Waals surface area contributed by atoms with Crippen LogP contribution in [0.4, 0.5) is 5.82 Å². The van der Waals surface area contributed by atoms with E-state index in [4.69, 9.17) is 20.3 Å². The Hall–Kier alpha value is -4.43. The van der Waals surface area contributed by atoms with Crippen LogP contribution in [0.1, 0.15) is 23.2 Å². The van der Waals surface area contributed by atoms with Gasteiger partial charge in [-0.2, -0.15) is 5.10 Å². The van der Waals surface area contributed by atoms with Crippen molar-refractivity contribution >= 4 is 33.5 Å². The molecule has 1 aliphatic heterocycles. The predicted octanol–water partition coefficient (Wildman–Crippen LogP) is 5.38. The lowest BCUT2D eigenvalue weighted by Crippen LogP contribution is -2.12. The lowest BCUT2D eigenvalue weighted by atomic mass is 10.00. The summed E-state index contributed by atoms with van der Waals surface area (Å²) in [7, 11) is 0. The maximum absolute atomic E-state index is 11.5. The van der Waals surface area contributed by atoms with E-state index in [-0.39, 0.29) is 13.0 Å². The van der Waals surface area contributed by atoms with E-state index in [2.05, 4.69) is 41.4 Å². The van der Waals surface area contributed by atoms with E-state index in [1.165, 1.54) is 0 Å². The number of anilines is 1. The van der Waals surface area contributed by atoms with E-state index >= 15 is 0 Å². The van der Waals surface area contributed by atoms with Crippen molar-refractivity contribution in [2.24, 2.45) is 5.92 Å². The topological polar surface area (TPSA) is 112 Å². The maximum atomic E-state index is 11.5. The highest BCUT2D eigenvalue weighted by atomic mass is 16.5. The van der Waals surface area contributed by atoms with Crippen molar-refractivity contribution in [2.45, 2.75) is 32.9 Å². The van der Waals surface area contributed by atoms with Crippen molar-refractivity contribution in [1.29, 1.82) is 0 Å². The van der Waals surface area contributed by atoms with Gasteiger partial charge in [0.1, 0.15) is 23.9 Å². The van der Waals surface area contributed by atoms with E-state index in [0.717, 1.165) is 70.2 Å². The van der Waals surface area contributed by atoms with Gasteiger partial charge in [0.25, 0.3) is 0 Å². The van der Waals surface area contributed by atoms with Gasteiger partial charge in [-0.05, 0) is 65.8 Å². The number of aryl methyl sites for hydroxylation is 1. The minimum atomic E-state index is -0.890. The summed E-state index contributed by atoms with van der Waals surface area (Å²) in [6, 6.07) is 20.1. The molecule has 3 N–H and O–H groups in total. The number of nitrogens with zero attached hydrogens (tertiary/aromatic N) is 3. The molecule has 3 heterocycles. The molecule has 0 aliphatic carbocycles. The number of benzene rings is 3. The number of carboxylic acid groups (broad SMARTS) is 1. The summed E-state index contributed by atoms with van der Waals surface area (Å²) in [4.78, 5) is 15.7. The van der Waals surface area contributed by atoms with Gasteiger partial charge < -0.3 is 20.3 Å². The number of fused-ring (bicyclic) bond motifs is 2. The van der Waals surface area contributed by atoms with Gasteiger partial charge in [-0.15, -0.1) is 0 Å². The summed E-state index contributed by atoms with van der Waals surface area (Å²) >= 11 is 0. The number of carbonyl (C=O) groups is 1. The highest BCUT2D eigenvalue weighted by molar-refractivity contribution is 5.95. The third-order valence-corrected chi connectivity index (χ3v) is 7.47. The molecule has 1 fully saturated rings. The molecule has 6 rings (SSSR count). The first kappa shape index (κ1) is 24.9. The van der Waals surface area contributed by atoms with Gasteiger partial charge in [0.05, 0.1) is 18.5 Å². The quantitative estimate of drug-likeness (QED) is 0.281. The van der Waals surface area contributed by atoms with E-state index in [1.54, 1.807) is 6.20 Å². The number of hydrogen-bond donors (Lipinski definition) is 2. The lowest BCUT2D eigenvalue weighted by molar-refractivity contribution is -0.136. The van der Waals surface area contributed by atoms with Crippen LogP contribution in [0.2, 0.25) is 0 Å². The van der Waals surface area contributed by atoms with Gasteiger partial charge >= 0.3 is 5.97 Å². The van der Waals surface area contributed by atoms with Crippen LogP contribution in [0.15, 0.2) is 66.9 Å². The Labute approximate surface area is 226 Å². The largest absolute Gasteiger partial charge is 0.487 e. The molecule has 5 aromatic rings. The maximum Gasteiger partial charge on any atom is 0.307 e. The average Bonchev–Trinajstić information content (AvgIpc) is 3.57. The second kappa shape index (κ2) is 10.4. The van der Waals surface area contributed by atoms with Crippen molar-refractivity contribution in [3.63, 3.8) is 0 Å². The summed E-state index contributed by atoms with van der Waals surface area (Å²) < 4.78 is 13.9. The second-order valence-electron chi connectivity index (χ2n) is 10.1. The minimum absolute atomic E-state index is 0.0943. The molecule has 1 unspecified atom stereocenters. The summed E-state index contributed by atoms with van der Waals surface area (Å²) in [5.74, 6) is 0.597. The normalized spacial score (nSPS) is 15.3. The van der Waals surface area contributed by atoms with Crippen LogP contribution in [0.3, 0.4) is 0 Å². The molecule has 0 spiro atoms. The third-order valence-electron chi connectivity index (χ3n) is 7.47. The Bertz CT molecular complexity index is 1690. The smallest absolute Gasteiger partial charge is 0.307 e. The Morgan fingerprint density at radius 1 is 1.13 bits per heavy atom. The molecule has 1 atom stereocenters. The number of aromatic nitrogens is 3. The molecule has 2 aromatic heterocycles. The number of nitrogen functional groups attached to an aromatic ring is 1. The van der Waals surface area contributed by atoms with Crippen molar-refractivity contribution in [2.75, 3.05) is 18.9 Å². The molecule has 0 radical (unpaired) electrons. The number of pyridine rings is 1. The van der Waals surface area contributed by atoms with E-state index in [0.29, 0.717) is 23.0 Å². The lowest BCUT2D eigenvalue weighted by Gasteiger charge is -2.12. The van der Waals surface area contributed by atoms with E-state index in [9.17, 15) is 9.90 Å². The Morgan fingerprint density at radius 2 is 1.95 bits per heavy atom. The molecule has 1 aliphatic rings. The van der Waals surface area contributed by atoms with Crippen LogP contribution in [0.5, 0.6) is 5.75 Å². The first-order valence-electron chi connectivity index (χ1n) is 13.1. The van der Waals surface area contributed by atoms with Gasteiger partial charge in [0.2, 0.25) is 0 Å². The van der Waals surface area contributed by atoms with Crippen molar-refractivity contribution in [3.05, 3.63) is 83.7 Å². The zero-order valence-corrected chi connectivity index (χ0v) is 21.8. The van der Waals surface area contributed by atoms with Crippen LogP contribution in [0.25, 0.3) is 32.8 Å². The molecule has 1 saturated heterocycles. The van der Waals surface area contributed by atoms with Crippen LogP contribution < -0.4 is 10.5 Å². The summed E-state index contributed by atoms with van der Waals surface area (Å²) in [5, 5.41) is 17.3. The molecular weight excluding hydrogens is 492 g/mol. The zero-order valence-electron chi connectivity index (χ0n) is 21.8. The Kier molecular flexibility index (Phi) is 6.62. The van der Waals surface area contributed by atoms with E-state index < -0.39 is 5.97 Å². The fourth-order valence-corrected chi connectivity index (χ4v) is 5.35. The number of nitrogens with two attached hydrogens (primary N) is 1. The van der Waals surface area contributed by atoms with Gasteiger partial charge in [0, 0.05) is 41.6 Å². The van der Waals surface area contributed by atoms with Gasteiger partial charge in [-0.1, -0.05) is 30.3 Å². The van der Waals surface area contributed by atoms with Gasteiger partial charge in [0.15, 0.2) is 0 Å². The predicted molar refractivity (Wildman–Crippen MR) is 151 cm³/mol. The minimum Gasteiger partial charge on any atom is -0.487 e. The van der Waals surface area contributed by atoms with Crippen molar-refractivity contribution in [1.82, 2.24) is 14.8 Å². The molecule has 0 bridgehead atoms. The fourth-order valence-electron chi connectivity index (χ4n) is 5.35. The number of hydrogen-bond acceptors (Lipinski definition) is 6. The average molecular weight is 523 g/mol. The summed E-state index contributed by atoms with van der Waals surface area (Å²) in [6.45, 7) is 4.40. The SMILES string of the molecule is Cc1cccc(OCc2nn(CC3CCOC3)c3ccc(-c4ccc5ccnc(N)c5c4)cc23)c1CC(=O)O. The van der Waals surface area contributed by atoms with Crippen molar-refractivity contribution < 1.29 is 19.4 Å². The molecule has 198 valence electrons. The number of ether oxygens (including phenoxy) is 2. The van der Waals surface area contributed by atoms with Gasteiger partial charge in [-0.3, -0.25) is 9.48 Å². The third kappa shape index (κ3) is 5.03. The Morgan fingerprint density at radius 3 is 2.74 bits per heavy atom. The number of carboxylic acids is 1. The monoisotopic (exact) mass is 522 g/mol. The Balaban J connectivity index is 1.39. The highest BCUT2D eigenvalue weighted by Crippen LogP contribution is 2.32. The van der Waals surface area contributed by atoms with Crippen LogP contribution in [-0.2, 0) is 29.1 Å². The highest BCUT2D eigenvalue weighted by Gasteiger charge is 2.20. The molecule has 39 heavy (non-hydrogen) atoms. The first-order valence-corrected chi connectivity index (χ1v) is 13.1. The summed E-state index contributed by atoms with van der Waals surface area (Å²) in [6.07, 6.45) is 2.64. The molecule has 8 nitrogen and oxygen atoms in total. The standard InChI is InChI=1S/C31H30N4O4/c1-19-3-2-4-29(24(19)15-30(36)37)39-18-27-26-14-23(22-6-5-21-9-11-33-31(32)25(21)13-22)7-8-28(26)35(34-27)16-20-10-12-38-17-20/h2-9,11,13-14,20H,10,12,15-18H2,1H3,(H2,32,33)(H,36,37). The molecule has 8 heteroatoms. The molecular formula is C31H30N4O4.